The van der Waals surface area contributed by atoms with E-state index in [-0.39, 0.29) is 11.6 Å². The number of aryl methyl sites for hydroxylation is 1. The Hall–Kier alpha value is -3.86. The monoisotopic (exact) mass is 443 g/mol. The minimum atomic E-state index is -4.22. The van der Waals surface area contributed by atoms with Gasteiger partial charge in [0.2, 0.25) is 5.88 Å². The summed E-state index contributed by atoms with van der Waals surface area (Å²) in [7, 11) is -4.22. The fourth-order valence-electron chi connectivity index (χ4n) is 2.73. The maximum Gasteiger partial charge on any atom is 0.264 e. The number of nitrogens with one attached hydrogen (secondary N) is 1. The summed E-state index contributed by atoms with van der Waals surface area (Å²) in [6.45, 7) is 1.84. The minimum absolute atomic E-state index is 0.174. The van der Waals surface area contributed by atoms with E-state index in [1.807, 2.05) is 6.92 Å². The molecular weight excluding hydrogens is 428 g/mol. The molecule has 2 aromatic heterocycles. The van der Waals surface area contributed by atoms with E-state index in [1.165, 1.54) is 24.3 Å². The number of hydrogen-bond acceptors (Lipinski definition) is 6. The van der Waals surface area contributed by atoms with Gasteiger partial charge in [-0.05, 0) is 49.4 Å². The summed E-state index contributed by atoms with van der Waals surface area (Å²) in [5.41, 5.74) is 0.174. The van der Waals surface area contributed by atoms with Crippen molar-refractivity contribution < 1.29 is 21.9 Å². The van der Waals surface area contributed by atoms with Crippen LogP contribution >= 0.6 is 0 Å². The summed E-state index contributed by atoms with van der Waals surface area (Å²) >= 11 is 0. The first kappa shape index (κ1) is 20.4. The molecule has 0 radical (unpaired) electrons. The molecule has 0 aliphatic heterocycles. The quantitative estimate of drug-likeness (QED) is 0.486. The Morgan fingerprint density at radius 3 is 2.39 bits per heavy atom. The Morgan fingerprint density at radius 1 is 1.00 bits per heavy atom. The number of aromatic nitrogens is 4. The highest BCUT2D eigenvalue weighted by Crippen LogP contribution is 2.24. The van der Waals surface area contributed by atoms with Crippen LogP contribution in [-0.4, -0.2) is 28.2 Å². The molecule has 0 atom stereocenters. The summed E-state index contributed by atoms with van der Waals surface area (Å²) in [6, 6.07) is 11.5. The molecule has 0 unspecified atom stereocenters. The summed E-state index contributed by atoms with van der Waals surface area (Å²) in [5.74, 6) is -0.0729. The second kappa shape index (κ2) is 8.11. The van der Waals surface area contributed by atoms with Gasteiger partial charge in [0.1, 0.15) is 28.1 Å². The van der Waals surface area contributed by atoms with E-state index in [0.717, 1.165) is 18.0 Å². The molecule has 8 nitrogen and oxygen atoms in total. The van der Waals surface area contributed by atoms with Crippen LogP contribution in [0.15, 0.2) is 71.9 Å². The van der Waals surface area contributed by atoms with Gasteiger partial charge in [-0.15, -0.1) is 10.2 Å². The Bertz CT molecular complexity index is 1320. The lowest BCUT2D eigenvalue weighted by molar-refractivity contribution is 0.454. The van der Waals surface area contributed by atoms with Crippen LogP contribution in [0.2, 0.25) is 0 Å². The highest BCUT2D eigenvalue weighted by molar-refractivity contribution is 7.92. The summed E-state index contributed by atoms with van der Waals surface area (Å²) in [5, 5.41) is 8.09. The molecule has 0 amide bonds. The number of nitrogens with zero attached hydrogens (tertiary/aromatic N) is 4. The molecule has 0 saturated carbocycles. The number of ether oxygens (including phenoxy) is 1. The topological polar surface area (TPSA) is 99.0 Å². The Balaban J connectivity index is 1.45. The Labute approximate surface area is 176 Å². The van der Waals surface area contributed by atoms with Crippen molar-refractivity contribution in [3.8, 4) is 17.4 Å². The third-order valence-electron chi connectivity index (χ3n) is 4.21. The molecule has 2 heterocycles. The van der Waals surface area contributed by atoms with Gasteiger partial charge in [0.15, 0.2) is 5.82 Å². The predicted octanol–water partition coefficient (Wildman–Crippen LogP) is 3.84. The van der Waals surface area contributed by atoms with E-state index in [1.54, 1.807) is 29.1 Å². The molecule has 0 aliphatic carbocycles. The van der Waals surface area contributed by atoms with E-state index >= 15 is 0 Å². The molecule has 11 heteroatoms. The Morgan fingerprint density at radius 2 is 1.77 bits per heavy atom. The van der Waals surface area contributed by atoms with E-state index in [4.69, 9.17) is 4.74 Å². The first-order valence-corrected chi connectivity index (χ1v) is 10.4. The number of hydrogen-bond donors (Lipinski definition) is 1. The zero-order chi connectivity index (χ0) is 22.0. The number of rotatable bonds is 6. The zero-order valence-corrected chi connectivity index (χ0v) is 16.8. The van der Waals surface area contributed by atoms with E-state index in [9.17, 15) is 17.2 Å². The van der Waals surface area contributed by atoms with Crippen LogP contribution in [0.3, 0.4) is 0 Å². The molecule has 0 bridgehead atoms. The molecule has 2 aromatic carbocycles. The minimum Gasteiger partial charge on any atom is -0.438 e. The molecule has 4 aromatic rings. The van der Waals surface area contributed by atoms with E-state index < -0.39 is 26.6 Å². The first-order chi connectivity index (χ1) is 14.8. The number of anilines is 1. The van der Waals surface area contributed by atoms with Crippen LogP contribution in [0.1, 0.15) is 5.82 Å². The maximum atomic E-state index is 13.8. The van der Waals surface area contributed by atoms with Crippen LogP contribution in [0.4, 0.5) is 14.5 Å². The second-order valence-electron chi connectivity index (χ2n) is 6.38. The first-order valence-electron chi connectivity index (χ1n) is 8.92. The van der Waals surface area contributed by atoms with Gasteiger partial charge < -0.3 is 4.74 Å². The normalized spacial score (nSPS) is 11.3. The third kappa shape index (κ3) is 4.51. The van der Waals surface area contributed by atoms with Crippen molar-refractivity contribution in [3.63, 3.8) is 0 Å². The molecule has 158 valence electrons. The van der Waals surface area contributed by atoms with Crippen molar-refractivity contribution in [2.24, 2.45) is 0 Å². The lowest BCUT2D eigenvalue weighted by atomic mass is 10.3. The zero-order valence-electron chi connectivity index (χ0n) is 16.0. The van der Waals surface area contributed by atoms with Crippen molar-refractivity contribution >= 4 is 15.7 Å². The number of sulfonamides is 1. The van der Waals surface area contributed by atoms with Crippen LogP contribution in [0.25, 0.3) is 5.82 Å². The number of halogens is 2. The molecule has 4 rings (SSSR count). The van der Waals surface area contributed by atoms with Crippen LogP contribution in [0.5, 0.6) is 11.6 Å². The standard InChI is InChI=1S/C20H15F2N5O3S/c1-13-23-10-11-27(13)19-8-9-20(25-24-19)30-16-5-3-15(4-6-16)26-31(28,29)18-7-2-14(21)12-17(18)22/h2-12,26H,1H3. The van der Waals surface area contributed by atoms with Crippen molar-refractivity contribution in [1.29, 1.82) is 0 Å². The molecule has 0 aliphatic rings. The average molecular weight is 443 g/mol. The van der Waals surface area contributed by atoms with Crippen molar-refractivity contribution in [1.82, 2.24) is 19.7 Å². The average Bonchev–Trinajstić information content (AvgIpc) is 3.15. The third-order valence-corrected chi connectivity index (χ3v) is 5.63. The second-order valence-corrected chi connectivity index (χ2v) is 8.03. The van der Waals surface area contributed by atoms with Gasteiger partial charge >= 0.3 is 0 Å². The fourth-order valence-corrected chi connectivity index (χ4v) is 3.85. The highest BCUT2D eigenvalue weighted by atomic mass is 32.2. The Kier molecular flexibility index (Phi) is 5.34. The van der Waals surface area contributed by atoms with Gasteiger partial charge in [0, 0.05) is 30.2 Å². The van der Waals surface area contributed by atoms with Gasteiger partial charge in [-0.3, -0.25) is 9.29 Å². The molecule has 0 saturated heterocycles. The van der Waals surface area contributed by atoms with Crippen LogP contribution in [0, 0.1) is 18.6 Å². The van der Waals surface area contributed by atoms with Gasteiger partial charge in [-0.1, -0.05) is 0 Å². The van der Waals surface area contributed by atoms with Crippen molar-refractivity contribution in [2.75, 3.05) is 4.72 Å². The van der Waals surface area contributed by atoms with Crippen molar-refractivity contribution in [3.05, 3.63) is 84.4 Å². The highest BCUT2D eigenvalue weighted by Gasteiger charge is 2.19. The molecule has 0 spiro atoms. The van der Waals surface area contributed by atoms with E-state index in [2.05, 4.69) is 19.9 Å². The SMILES string of the molecule is Cc1nccn1-c1ccc(Oc2ccc(NS(=O)(=O)c3ccc(F)cc3F)cc2)nn1. The fraction of sp³-hybridized carbons (Fsp3) is 0.0500. The van der Waals surface area contributed by atoms with Gasteiger partial charge in [-0.2, -0.15) is 0 Å². The van der Waals surface area contributed by atoms with Crippen molar-refractivity contribution in [2.45, 2.75) is 11.8 Å². The molecule has 0 fully saturated rings. The smallest absolute Gasteiger partial charge is 0.264 e. The van der Waals surface area contributed by atoms with Crippen LogP contribution < -0.4 is 9.46 Å². The number of benzene rings is 2. The summed E-state index contributed by atoms with van der Waals surface area (Å²) in [4.78, 5) is 3.47. The predicted molar refractivity (Wildman–Crippen MR) is 108 cm³/mol. The maximum absolute atomic E-state index is 13.8. The molecule has 1 N–H and O–H groups in total. The molecular formula is C20H15F2N5O3S. The lowest BCUT2D eigenvalue weighted by Gasteiger charge is -2.10. The van der Waals surface area contributed by atoms with Gasteiger partial charge in [0.25, 0.3) is 10.0 Å². The lowest BCUT2D eigenvalue weighted by Crippen LogP contribution is -2.14. The molecule has 31 heavy (non-hydrogen) atoms. The summed E-state index contributed by atoms with van der Waals surface area (Å²) in [6.07, 6.45) is 3.42. The van der Waals surface area contributed by atoms with E-state index in [0.29, 0.717) is 17.6 Å². The van der Waals surface area contributed by atoms with Gasteiger partial charge in [-0.25, -0.2) is 22.2 Å². The number of imidazole rings is 1. The van der Waals surface area contributed by atoms with Crippen LogP contribution in [-0.2, 0) is 10.0 Å². The summed E-state index contributed by atoms with van der Waals surface area (Å²) < 4.78 is 61.1. The van der Waals surface area contributed by atoms with Gasteiger partial charge in [0.05, 0.1) is 0 Å². The largest absolute Gasteiger partial charge is 0.438 e.